The predicted octanol–water partition coefficient (Wildman–Crippen LogP) is 2.09. The number of para-hydroxylation sites is 1. The maximum Gasteiger partial charge on any atom is 0.258 e. The van der Waals surface area contributed by atoms with Gasteiger partial charge in [-0.1, -0.05) is 36.4 Å². The average Bonchev–Trinajstić information content (AvgIpc) is 3.35. The van der Waals surface area contributed by atoms with Crippen LogP contribution < -0.4 is 26.8 Å². The summed E-state index contributed by atoms with van der Waals surface area (Å²) < 4.78 is 5.26. The Morgan fingerprint density at radius 3 is 2.34 bits per heavy atom. The maximum atomic E-state index is 12.6. The minimum absolute atomic E-state index is 0.000899. The summed E-state index contributed by atoms with van der Waals surface area (Å²) in [5.41, 5.74) is 14.8. The van der Waals surface area contributed by atoms with Crippen molar-refractivity contribution in [3.05, 3.63) is 70.8 Å². The standard InChI is InChI=1S/C27H35N5O3/c1-17(2)31-26(32-20-8-4-5-9-20)23(25(29)33)24(28)19-14-12-18(13-15-19)16-30-27(34)21-10-6-7-11-22(21)35-3/h6-7,10-15,17,20H,4-5,8-9,16,28H2,1-3H3,(H2,29,33)(H,30,34)(H,31,32)/p+1. The summed E-state index contributed by atoms with van der Waals surface area (Å²) in [4.78, 5) is 29.7. The summed E-state index contributed by atoms with van der Waals surface area (Å²) in [6.45, 7) is 4.26. The Morgan fingerprint density at radius 1 is 1.09 bits per heavy atom. The smallest absolute Gasteiger partial charge is 0.258 e. The van der Waals surface area contributed by atoms with Crippen LogP contribution in [0.2, 0.25) is 0 Å². The van der Waals surface area contributed by atoms with E-state index in [-0.39, 0.29) is 17.5 Å². The van der Waals surface area contributed by atoms with Crippen molar-refractivity contribution in [3.63, 3.8) is 0 Å². The van der Waals surface area contributed by atoms with Crippen molar-refractivity contribution in [2.75, 3.05) is 7.11 Å². The van der Waals surface area contributed by atoms with Gasteiger partial charge in [-0.05, 0) is 62.8 Å². The summed E-state index contributed by atoms with van der Waals surface area (Å²) in [6, 6.07) is 14.8. The van der Waals surface area contributed by atoms with Crippen LogP contribution >= 0.6 is 0 Å². The lowest BCUT2D eigenvalue weighted by molar-refractivity contribution is -0.578. The van der Waals surface area contributed by atoms with E-state index in [4.69, 9.17) is 16.2 Å². The number of nitrogens with two attached hydrogens (primary N) is 3. The number of methoxy groups -OCH3 is 1. The molecule has 0 heterocycles. The van der Waals surface area contributed by atoms with E-state index >= 15 is 0 Å². The van der Waals surface area contributed by atoms with Crippen LogP contribution in [0, 0.1) is 0 Å². The number of amidine groups is 1. The molecule has 0 bridgehead atoms. The Kier molecular flexibility index (Phi) is 9.03. The van der Waals surface area contributed by atoms with E-state index in [9.17, 15) is 9.59 Å². The number of quaternary nitrogens is 1. The second kappa shape index (κ2) is 12.2. The maximum absolute atomic E-state index is 12.6. The molecular formula is C27H36N5O3+. The number of hydrogen-bond acceptors (Lipinski definition) is 5. The first kappa shape index (κ1) is 26.0. The first-order valence-electron chi connectivity index (χ1n) is 12.0. The first-order valence-corrected chi connectivity index (χ1v) is 12.0. The van der Waals surface area contributed by atoms with Crippen LogP contribution in [-0.2, 0) is 11.3 Å². The zero-order chi connectivity index (χ0) is 25.4. The Morgan fingerprint density at radius 2 is 1.74 bits per heavy atom. The van der Waals surface area contributed by atoms with Crippen molar-refractivity contribution in [2.24, 2.45) is 16.5 Å². The lowest BCUT2D eigenvalue weighted by atomic mass is 10.0. The molecule has 2 aromatic carbocycles. The molecule has 1 fully saturated rings. The van der Waals surface area contributed by atoms with Gasteiger partial charge in [-0.2, -0.15) is 0 Å². The van der Waals surface area contributed by atoms with Crippen LogP contribution in [0.1, 0.15) is 61.0 Å². The number of nitrogens with one attached hydrogen (secondary N) is 1. The van der Waals surface area contributed by atoms with E-state index in [0.717, 1.165) is 18.4 Å². The highest BCUT2D eigenvalue weighted by Gasteiger charge is 2.28. The number of primary amides is 1. The third-order valence-corrected chi connectivity index (χ3v) is 6.03. The number of ether oxygens (including phenoxy) is 1. The van der Waals surface area contributed by atoms with Gasteiger partial charge in [0.2, 0.25) is 5.84 Å². The second-order valence-corrected chi connectivity index (χ2v) is 9.05. The van der Waals surface area contributed by atoms with E-state index in [0.29, 0.717) is 41.0 Å². The lowest BCUT2D eigenvalue weighted by Gasteiger charge is -2.15. The molecule has 0 atom stereocenters. The molecule has 8 nitrogen and oxygen atoms in total. The molecule has 1 aliphatic rings. The Labute approximate surface area is 206 Å². The summed E-state index contributed by atoms with van der Waals surface area (Å²) in [5, 5.41) is 4.96. The normalized spacial score (nSPS) is 15.1. The number of aliphatic imine (C=N–C) groups is 1. The molecule has 0 saturated heterocycles. The summed E-state index contributed by atoms with van der Waals surface area (Å²) >= 11 is 0. The molecule has 2 aromatic rings. The van der Waals surface area contributed by atoms with Gasteiger partial charge in [0.25, 0.3) is 11.8 Å². The summed E-state index contributed by atoms with van der Waals surface area (Å²) in [6.07, 6.45) is 4.52. The van der Waals surface area contributed by atoms with Gasteiger partial charge in [-0.3, -0.25) is 14.9 Å². The van der Waals surface area contributed by atoms with Crippen LogP contribution in [-0.4, -0.2) is 36.8 Å². The fourth-order valence-corrected chi connectivity index (χ4v) is 4.27. The molecule has 0 aromatic heterocycles. The zero-order valence-electron chi connectivity index (χ0n) is 20.7. The molecule has 0 spiro atoms. The zero-order valence-corrected chi connectivity index (χ0v) is 20.7. The summed E-state index contributed by atoms with van der Waals surface area (Å²) in [5.74, 6) is 0.277. The Hall–Kier alpha value is -3.65. The second-order valence-electron chi connectivity index (χ2n) is 9.05. The minimum atomic E-state index is -0.593. The Bertz CT molecular complexity index is 1100. The van der Waals surface area contributed by atoms with Gasteiger partial charge in [-0.25, -0.2) is 4.99 Å². The number of carbonyl (C=O) groups excluding carboxylic acids is 2. The van der Waals surface area contributed by atoms with E-state index in [1.165, 1.54) is 20.0 Å². The number of rotatable bonds is 9. The van der Waals surface area contributed by atoms with Gasteiger partial charge < -0.3 is 21.5 Å². The number of benzene rings is 2. The van der Waals surface area contributed by atoms with Crippen LogP contribution in [0.15, 0.2) is 59.1 Å². The van der Waals surface area contributed by atoms with Gasteiger partial charge in [0.05, 0.1) is 30.5 Å². The highest BCUT2D eigenvalue weighted by Crippen LogP contribution is 2.19. The molecule has 0 unspecified atom stereocenters. The highest BCUT2D eigenvalue weighted by molar-refractivity contribution is 6.21. The number of hydrogen-bond donors (Lipinski definition) is 4. The van der Waals surface area contributed by atoms with Crippen molar-refractivity contribution in [3.8, 4) is 5.75 Å². The summed E-state index contributed by atoms with van der Waals surface area (Å²) in [7, 11) is 1.53. The quantitative estimate of drug-likeness (QED) is 0.249. The molecule has 7 N–H and O–H groups in total. The Balaban J connectivity index is 1.78. The predicted molar refractivity (Wildman–Crippen MR) is 138 cm³/mol. The van der Waals surface area contributed by atoms with Crippen LogP contribution in [0.4, 0.5) is 0 Å². The topological polar surface area (TPSA) is 136 Å². The third-order valence-electron chi connectivity index (χ3n) is 6.03. The van der Waals surface area contributed by atoms with Gasteiger partial charge in [-0.15, -0.1) is 0 Å². The van der Waals surface area contributed by atoms with Crippen molar-refractivity contribution >= 4 is 23.3 Å². The number of amides is 2. The number of nitrogens with zero attached hydrogens (tertiary/aromatic N) is 1. The largest absolute Gasteiger partial charge is 0.496 e. The molecule has 186 valence electrons. The minimum Gasteiger partial charge on any atom is -0.496 e. The SMILES string of the molecule is COc1ccccc1C(=O)NCc1ccc(C(N)=C(C(N)=O)C(=NC(C)C)[NH2+]C2CCCC2)cc1. The number of carbonyl (C=O) groups is 2. The molecule has 1 aliphatic carbocycles. The van der Waals surface area contributed by atoms with Crippen molar-refractivity contribution < 1.29 is 19.6 Å². The van der Waals surface area contributed by atoms with E-state index < -0.39 is 5.91 Å². The van der Waals surface area contributed by atoms with Gasteiger partial charge in [0, 0.05) is 6.54 Å². The van der Waals surface area contributed by atoms with Crippen LogP contribution in [0.5, 0.6) is 5.75 Å². The molecule has 35 heavy (non-hydrogen) atoms. The van der Waals surface area contributed by atoms with Gasteiger partial charge in [0.1, 0.15) is 11.3 Å². The fourth-order valence-electron chi connectivity index (χ4n) is 4.27. The van der Waals surface area contributed by atoms with Crippen LogP contribution in [0.25, 0.3) is 5.70 Å². The van der Waals surface area contributed by atoms with Crippen molar-refractivity contribution in [2.45, 2.75) is 58.2 Å². The average molecular weight is 479 g/mol. The highest BCUT2D eigenvalue weighted by atomic mass is 16.5. The fraction of sp³-hybridized carbons (Fsp3) is 0.370. The van der Waals surface area contributed by atoms with Crippen molar-refractivity contribution in [1.29, 1.82) is 0 Å². The molecule has 1 saturated carbocycles. The molecule has 2 amide bonds. The van der Waals surface area contributed by atoms with Crippen molar-refractivity contribution in [1.82, 2.24) is 5.32 Å². The van der Waals surface area contributed by atoms with E-state index in [1.54, 1.807) is 18.2 Å². The molecule has 3 rings (SSSR count). The van der Waals surface area contributed by atoms with E-state index in [2.05, 4.69) is 15.6 Å². The first-order chi connectivity index (χ1) is 16.8. The molecule has 0 radical (unpaired) electrons. The van der Waals surface area contributed by atoms with Crippen LogP contribution in [0.3, 0.4) is 0 Å². The van der Waals surface area contributed by atoms with Gasteiger partial charge >= 0.3 is 0 Å². The molecule has 8 heteroatoms. The lowest BCUT2D eigenvalue weighted by Crippen LogP contribution is -2.93. The monoisotopic (exact) mass is 478 g/mol. The van der Waals surface area contributed by atoms with E-state index in [1.807, 2.05) is 44.2 Å². The molecular weight excluding hydrogens is 442 g/mol. The third kappa shape index (κ3) is 6.93. The molecule has 0 aliphatic heterocycles. The van der Waals surface area contributed by atoms with Gasteiger partial charge in [0.15, 0.2) is 0 Å².